The zero-order valence-corrected chi connectivity index (χ0v) is 21.7. The summed E-state index contributed by atoms with van der Waals surface area (Å²) in [7, 11) is -3.90. The third kappa shape index (κ3) is 7.26. The summed E-state index contributed by atoms with van der Waals surface area (Å²) in [5, 5.41) is 3.61. The Balaban J connectivity index is 1.59. The van der Waals surface area contributed by atoms with Crippen LogP contribution in [-0.2, 0) is 20.6 Å². The van der Waals surface area contributed by atoms with Crippen molar-refractivity contribution in [2.45, 2.75) is 30.9 Å². The molecule has 0 aliphatic heterocycles. The lowest BCUT2D eigenvalue weighted by Gasteiger charge is -2.24. The average molecular weight is 517 g/mol. The van der Waals surface area contributed by atoms with E-state index in [4.69, 9.17) is 11.6 Å². The van der Waals surface area contributed by atoms with Crippen LogP contribution in [0.15, 0.2) is 77.7 Å². The van der Waals surface area contributed by atoms with Crippen LogP contribution < -0.4 is 9.62 Å². The van der Waals surface area contributed by atoms with Crippen LogP contribution in [0.4, 0.5) is 5.69 Å². The lowest BCUT2D eigenvalue weighted by atomic mass is 10.2. The van der Waals surface area contributed by atoms with Crippen LogP contribution in [0.3, 0.4) is 0 Å². The fourth-order valence-electron chi connectivity index (χ4n) is 3.25. The maximum atomic E-state index is 13.4. The summed E-state index contributed by atoms with van der Waals surface area (Å²) in [6.45, 7) is 4.01. The molecular weight excluding hydrogens is 488 g/mol. The number of benzene rings is 3. The van der Waals surface area contributed by atoms with Crippen molar-refractivity contribution in [1.29, 1.82) is 0 Å². The molecule has 0 aliphatic carbocycles. The number of aryl methyl sites for hydroxylation is 2. The molecule has 0 saturated carbocycles. The number of amides is 1. The Hall–Kier alpha value is -2.48. The number of rotatable bonds is 11. The van der Waals surface area contributed by atoms with Crippen LogP contribution in [-0.4, -0.2) is 33.2 Å². The minimum Gasteiger partial charge on any atom is -0.354 e. The Kier molecular flexibility index (Phi) is 9.45. The highest BCUT2D eigenvalue weighted by molar-refractivity contribution is 7.98. The minimum atomic E-state index is -3.90. The molecule has 0 aliphatic rings. The smallest absolute Gasteiger partial charge is 0.264 e. The highest BCUT2D eigenvalue weighted by Gasteiger charge is 2.27. The lowest BCUT2D eigenvalue weighted by molar-refractivity contribution is -0.119. The standard InChI is InChI=1S/C26H29ClN2O3S2/c1-20-8-12-23(13-9-20)29(34(31,32)24-14-10-21(2)11-15-24)18-26(30)28-16-5-17-33-19-22-6-3-4-7-25(22)27/h3-4,6-15H,5,16-19H2,1-2H3,(H,28,30). The highest BCUT2D eigenvalue weighted by Crippen LogP contribution is 2.24. The number of nitrogens with one attached hydrogen (secondary N) is 1. The van der Waals surface area contributed by atoms with Crippen molar-refractivity contribution in [3.05, 3.63) is 94.5 Å². The predicted octanol–water partition coefficient (Wildman–Crippen LogP) is 5.59. The number of carbonyl (C=O) groups excluding carboxylic acids is 1. The van der Waals surface area contributed by atoms with Gasteiger partial charge in [0.15, 0.2) is 0 Å². The summed E-state index contributed by atoms with van der Waals surface area (Å²) >= 11 is 7.92. The summed E-state index contributed by atoms with van der Waals surface area (Å²) < 4.78 is 27.9. The second kappa shape index (κ2) is 12.3. The molecule has 0 bridgehead atoms. The van der Waals surface area contributed by atoms with Gasteiger partial charge in [-0.2, -0.15) is 11.8 Å². The second-order valence-electron chi connectivity index (χ2n) is 8.01. The van der Waals surface area contributed by atoms with Gasteiger partial charge < -0.3 is 5.32 Å². The van der Waals surface area contributed by atoms with Gasteiger partial charge in [0.05, 0.1) is 10.6 Å². The number of hydrogen-bond acceptors (Lipinski definition) is 4. The number of carbonyl (C=O) groups is 1. The van der Waals surface area contributed by atoms with E-state index in [2.05, 4.69) is 5.32 Å². The number of anilines is 1. The van der Waals surface area contributed by atoms with E-state index < -0.39 is 10.0 Å². The highest BCUT2D eigenvalue weighted by atomic mass is 35.5. The van der Waals surface area contributed by atoms with E-state index in [1.54, 1.807) is 48.2 Å². The molecule has 8 heteroatoms. The average Bonchev–Trinajstić information content (AvgIpc) is 2.82. The Bertz CT molecular complexity index is 1200. The van der Waals surface area contributed by atoms with Crippen molar-refractivity contribution in [1.82, 2.24) is 5.32 Å². The normalized spacial score (nSPS) is 11.3. The third-order valence-electron chi connectivity index (χ3n) is 5.22. The van der Waals surface area contributed by atoms with E-state index in [1.807, 2.05) is 50.2 Å². The van der Waals surface area contributed by atoms with Gasteiger partial charge in [0.1, 0.15) is 6.54 Å². The molecule has 0 heterocycles. The molecule has 0 saturated heterocycles. The minimum absolute atomic E-state index is 0.155. The number of nitrogens with zero attached hydrogens (tertiary/aromatic N) is 1. The Morgan fingerprint density at radius 1 is 0.941 bits per heavy atom. The van der Waals surface area contributed by atoms with Crippen molar-refractivity contribution in [2.75, 3.05) is 23.1 Å². The van der Waals surface area contributed by atoms with Gasteiger partial charge >= 0.3 is 0 Å². The molecule has 180 valence electrons. The van der Waals surface area contributed by atoms with E-state index in [-0.39, 0.29) is 17.3 Å². The summed E-state index contributed by atoms with van der Waals surface area (Å²) in [6.07, 6.45) is 0.774. The molecule has 0 unspecified atom stereocenters. The summed E-state index contributed by atoms with van der Waals surface area (Å²) in [4.78, 5) is 12.8. The summed E-state index contributed by atoms with van der Waals surface area (Å²) in [6, 6.07) is 21.5. The summed E-state index contributed by atoms with van der Waals surface area (Å²) in [5.74, 6) is 1.32. The van der Waals surface area contributed by atoms with Crippen LogP contribution in [0.1, 0.15) is 23.1 Å². The number of sulfonamides is 1. The molecule has 0 atom stereocenters. The monoisotopic (exact) mass is 516 g/mol. The van der Waals surface area contributed by atoms with Crippen molar-refractivity contribution >= 4 is 45.0 Å². The fourth-order valence-corrected chi connectivity index (χ4v) is 5.92. The largest absolute Gasteiger partial charge is 0.354 e. The molecule has 1 amide bonds. The van der Waals surface area contributed by atoms with Gasteiger partial charge in [-0.1, -0.05) is 65.2 Å². The van der Waals surface area contributed by atoms with E-state index in [1.165, 1.54) is 4.31 Å². The van der Waals surface area contributed by atoms with Gasteiger partial charge in [0, 0.05) is 17.3 Å². The van der Waals surface area contributed by atoms with Gasteiger partial charge in [-0.15, -0.1) is 0 Å². The van der Waals surface area contributed by atoms with Crippen molar-refractivity contribution in [3.63, 3.8) is 0 Å². The van der Waals surface area contributed by atoms with Crippen LogP contribution in [0.5, 0.6) is 0 Å². The maximum absolute atomic E-state index is 13.4. The molecular formula is C26H29ClN2O3S2. The lowest BCUT2D eigenvalue weighted by Crippen LogP contribution is -2.41. The second-order valence-corrected chi connectivity index (χ2v) is 11.4. The van der Waals surface area contributed by atoms with Gasteiger partial charge in [0.25, 0.3) is 10.0 Å². The first-order valence-corrected chi connectivity index (χ1v) is 14.0. The molecule has 0 radical (unpaired) electrons. The molecule has 0 spiro atoms. The molecule has 34 heavy (non-hydrogen) atoms. The molecule has 3 rings (SSSR count). The molecule has 1 N–H and O–H groups in total. The topological polar surface area (TPSA) is 66.5 Å². The van der Waals surface area contributed by atoms with Crippen LogP contribution in [0.25, 0.3) is 0 Å². The molecule has 3 aromatic carbocycles. The van der Waals surface area contributed by atoms with E-state index >= 15 is 0 Å². The predicted molar refractivity (Wildman–Crippen MR) is 142 cm³/mol. The van der Waals surface area contributed by atoms with E-state index in [0.29, 0.717) is 12.2 Å². The first kappa shape index (κ1) is 26.1. The first-order valence-electron chi connectivity index (χ1n) is 11.0. The quantitative estimate of drug-likeness (QED) is 0.337. The van der Waals surface area contributed by atoms with Crippen LogP contribution in [0.2, 0.25) is 5.02 Å². The number of hydrogen-bond donors (Lipinski definition) is 1. The molecule has 5 nitrogen and oxygen atoms in total. The maximum Gasteiger partial charge on any atom is 0.264 e. The third-order valence-corrected chi connectivity index (χ3v) is 8.47. The van der Waals surface area contributed by atoms with Gasteiger partial charge in [-0.25, -0.2) is 8.42 Å². The molecule has 0 aromatic heterocycles. The van der Waals surface area contributed by atoms with Gasteiger partial charge in [0.2, 0.25) is 5.91 Å². The Morgan fingerprint density at radius 3 is 2.21 bits per heavy atom. The summed E-state index contributed by atoms with van der Waals surface area (Å²) in [5.41, 5.74) is 3.52. The fraction of sp³-hybridized carbons (Fsp3) is 0.269. The van der Waals surface area contributed by atoms with Crippen LogP contribution in [0, 0.1) is 13.8 Å². The molecule has 0 fully saturated rings. The Labute approximate surface area is 211 Å². The zero-order chi connectivity index (χ0) is 24.6. The van der Waals surface area contributed by atoms with Crippen molar-refractivity contribution in [3.8, 4) is 0 Å². The number of thioether (sulfide) groups is 1. The molecule has 3 aromatic rings. The van der Waals surface area contributed by atoms with E-state index in [9.17, 15) is 13.2 Å². The Morgan fingerprint density at radius 2 is 1.56 bits per heavy atom. The first-order chi connectivity index (χ1) is 16.3. The van der Waals surface area contributed by atoms with Gasteiger partial charge in [-0.3, -0.25) is 9.10 Å². The number of halogens is 1. The van der Waals surface area contributed by atoms with Crippen molar-refractivity contribution in [2.24, 2.45) is 0 Å². The van der Waals surface area contributed by atoms with E-state index in [0.717, 1.165) is 39.6 Å². The zero-order valence-electron chi connectivity index (χ0n) is 19.3. The van der Waals surface area contributed by atoms with Crippen LogP contribution >= 0.6 is 23.4 Å². The van der Waals surface area contributed by atoms with Crippen molar-refractivity contribution < 1.29 is 13.2 Å². The van der Waals surface area contributed by atoms with Gasteiger partial charge in [-0.05, 0) is 61.9 Å². The SMILES string of the molecule is Cc1ccc(N(CC(=O)NCCCSCc2ccccc2Cl)S(=O)(=O)c2ccc(C)cc2)cc1.